The van der Waals surface area contributed by atoms with Gasteiger partial charge in [0.05, 0.1) is 23.9 Å². The van der Waals surface area contributed by atoms with Crippen LogP contribution in [0.25, 0.3) is 0 Å². The highest BCUT2D eigenvalue weighted by atomic mass is 16.6. The minimum absolute atomic E-state index is 0.0732. The van der Waals surface area contributed by atoms with Gasteiger partial charge in [-0.05, 0) is 35.9 Å². The van der Waals surface area contributed by atoms with Crippen molar-refractivity contribution in [2.24, 2.45) is 0 Å². The van der Waals surface area contributed by atoms with E-state index in [1.165, 1.54) is 31.6 Å². The van der Waals surface area contributed by atoms with Gasteiger partial charge in [-0.2, -0.15) is 0 Å². The predicted octanol–water partition coefficient (Wildman–Crippen LogP) is 3.38. The van der Waals surface area contributed by atoms with Gasteiger partial charge in [-0.25, -0.2) is 0 Å². The van der Waals surface area contributed by atoms with Gasteiger partial charge in [0.2, 0.25) is 0 Å². The largest absolute Gasteiger partial charge is 0.496 e. The lowest BCUT2D eigenvalue weighted by Crippen LogP contribution is -2.23. The molecule has 3 rings (SSSR count). The van der Waals surface area contributed by atoms with E-state index in [1.54, 1.807) is 36.4 Å². The Labute approximate surface area is 165 Å². The number of carbonyl (C=O) groups excluding carboxylic acids is 2. The van der Waals surface area contributed by atoms with E-state index in [9.17, 15) is 19.7 Å². The van der Waals surface area contributed by atoms with Crippen molar-refractivity contribution >= 4 is 23.2 Å². The first-order chi connectivity index (χ1) is 14.0. The third kappa shape index (κ3) is 4.78. The molecule has 0 saturated carbocycles. The molecule has 9 nitrogen and oxygen atoms in total. The first-order valence-electron chi connectivity index (χ1n) is 8.52. The molecule has 0 aliphatic heterocycles. The monoisotopic (exact) mass is 395 g/mol. The van der Waals surface area contributed by atoms with Gasteiger partial charge in [-0.1, -0.05) is 12.1 Å². The summed E-state index contributed by atoms with van der Waals surface area (Å²) in [7, 11) is 1.38. The molecule has 0 spiro atoms. The summed E-state index contributed by atoms with van der Waals surface area (Å²) in [6.07, 6.45) is 1.41. The summed E-state index contributed by atoms with van der Waals surface area (Å²) in [6.45, 7) is 0.192. The molecule has 2 N–H and O–H groups in total. The Bertz CT molecular complexity index is 1030. The summed E-state index contributed by atoms with van der Waals surface area (Å²) in [6, 6.07) is 13.9. The topological polar surface area (TPSA) is 124 Å². The summed E-state index contributed by atoms with van der Waals surface area (Å²) < 4.78 is 10.1. The van der Waals surface area contributed by atoms with Gasteiger partial charge in [-0.15, -0.1) is 0 Å². The molecule has 1 aromatic heterocycles. The van der Waals surface area contributed by atoms with Gasteiger partial charge in [0.25, 0.3) is 17.5 Å². The molecule has 0 bridgehead atoms. The Morgan fingerprint density at radius 1 is 1.10 bits per heavy atom. The fourth-order valence-electron chi connectivity index (χ4n) is 2.57. The maximum atomic E-state index is 12.4. The number of hydrogen-bond donors (Lipinski definition) is 2. The second kappa shape index (κ2) is 8.70. The molecule has 1 heterocycles. The number of carbonyl (C=O) groups is 2. The van der Waals surface area contributed by atoms with Crippen molar-refractivity contribution in [3.05, 3.63) is 87.9 Å². The number of rotatable bonds is 7. The number of nitro benzene ring substituents is 1. The Balaban J connectivity index is 1.63. The maximum absolute atomic E-state index is 12.4. The van der Waals surface area contributed by atoms with Crippen molar-refractivity contribution in [2.75, 3.05) is 12.4 Å². The summed E-state index contributed by atoms with van der Waals surface area (Å²) in [5.41, 5.74) is 1.22. The molecule has 9 heteroatoms. The number of furan rings is 1. The first kappa shape index (κ1) is 19.6. The van der Waals surface area contributed by atoms with Crippen LogP contribution in [0, 0.1) is 10.1 Å². The normalized spacial score (nSPS) is 10.2. The van der Waals surface area contributed by atoms with Crippen LogP contribution in [-0.4, -0.2) is 23.8 Å². The zero-order valence-corrected chi connectivity index (χ0v) is 15.4. The van der Waals surface area contributed by atoms with E-state index in [0.29, 0.717) is 5.69 Å². The van der Waals surface area contributed by atoms with E-state index in [4.69, 9.17) is 9.15 Å². The minimum atomic E-state index is -0.577. The number of benzene rings is 2. The van der Waals surface area contributed by atoms with Crippen LogP contribution in [0.1, 0.15) is 26.5 Å². The van der Waals surface area contributed by atoms with Gasteiger partial charge in [0.1, 0.15) is 5.75 Å². The number of nitrogens with one attached hydrogen (secondary N) is 2. The summed E-state index contributed by atoms with van der Waals surface area (Å²) in [5.74, 6) is -0.425. The Kier molecular flexibility index (Phi) is 5.88. The average molecular weight is 395 g/mol. The molecule has 0 aliphatic rings. The second-order valence-electron chi connectivity index (χ2n) is 5.95. The van der Waals surface area contributed by atoms with E-state index >= 15 is 0 Å². The zero-order chi connectivity index (χ0) is 20.8. The molecule has 2 amide bonds. The summed E-state index contributed by atoms with van der Waals surface area (Å²) >= 11 is 0. The number of non-ortho nitro benzene ring substituents is 1. The molecule has 3 aromatic rings. The van der Waals surface area contributed by atoms with Crippen LogP contribution in [0.4, 0.5) is 11.4 Å². The Hall–Kier alpha value is -4.14. The van der Waals surface area contributed by atoms with Crippen LogP contribution in [-0.2, 0) is 6.54 Å². The van der Waals surface area contributed by atoms with Crippen LogP contribution in [0.5, 0.6) is 5.75 Å². The van der Waals surface area contributed by atoms with E-state index in [2.05, 4.69) is 10.6 Å². The van der Waals surface area contributed by atoms with Crippen LogP contribution in [0.15, 0.2) is 65.3 Å². The molecular formula is C20H17N3O6. The smallest absolute Gasteiger partial charge is 0.291 e. The van der Waals surface area contributed by atoms with Gasteiger partial charge in [0.15, 0.2) is 5.76 Å². The van der Waals surface area contributed by atoms with Gasteiger partial charge in [0, 0.05) is 24.4 Å². The molecule has 2 aromatic carbocycles. The fraction of sp³-hybridized carbons (Fsp3) is 0.100. The lowest BCUT2D eigenvalue weighted by Gasteiger charge is -2.10. The molecule has 148 valence electrons. The Morgan fingerprint density at radius 3 is 2.48 bits per heavy atom. The molecule has 0 fully saturated rings. The van der Waals surface area contributed by atoms with Gasteiger partial charge in [-0.3, -0.25) is 19.7 Å². The third-order valence-electron chi connectivity index (χ3n) is 4.05. The molecule has 29 heavy (non-hydrogen) atoms. The highest BCUT2D eigenvalue weighted by Gasteiger charge is 2.17. The van der Waals surface area contributed by atoms with Crippen LogP contribution >= 0.6 is 0 Å². The molecule has 0 atom stereocenters. The number of anilines is 1. The second-order valence-corrected chi connectivity index (χ2v) is 5.95. The van der Waals surface area contributed by atoms with E-state index < -0.39 is 10.8 Å². The van der Waals surface area contributed by atoms with E-state index in [0.717, 1.165) is 5.56 Å². The first-order valence-corrected chi connectivity index (χ1v) is 8.52. The van der Waals surface area contributed by atoms with Crippen molar-refractivity contribution in [2.45, 2.75) is 6.54 Å². The zero-order valence-electron chi connectivity index (χ0n) is 15.4. The SMILES string of the molecule is COc1ccc([N+](=O)[O-])cc1C(=O)NCc1ccc(NC(=O)c2ccco2)cc1. The fourth-order valence-corrected chi connectivity index (χ4v) is 2.57. The summed E-state index contributed by atoms with van der Waals surface area (Å²) in [5, 5.41) is 16.3. The molecule has 0 saturated heterocycles. The van der Waals surface area contributed by atoms with Crippen molar-refractivity contribution in [1.29, 1.82) is 0 Å². The maximum Gasteiger partial charge on any atom is 0.291 e. The Morgan fingerprint density at radius 2 is 1.86 bits per heavy atom. The minimum Gasteiger partial charge on any atom is -0.496 e. The van der Waals surface area contributed by atoms with Crippen molar-refractivity contribution in [1.82, 2.24) is 5.32 Å². The van der Waals surface area contributed by atoms with Crippen LogP contribution in [0.2, 0.25) is 0 Å². The van der Waals surface area contributed by atoms with E-state index in [-0.39, 0.29) is 35.2 Å². The molecule has 0 aliphatic carbocycles. The quantitative estimate of drug-likeness (QED) is 0.467. The van der Waals surface area contributed by atoms with E-state index in [1.807, 2.05) is 0 Å². The van der Waals surface area contributed by atoms with Gasteiger partial charge < -0.3 is 19.8 Å². The van der Waals surface area contributed by atoms with Crippen molar-refractivity contribution in [3.8, 4) is 5.75 Å². The number of nitro groups is 1. The molecule has 0 radical (unpaired) electrons. The predicted molar refractivity (Wildman–Crippen MR) is 104 cm³/mol. The van der Waals surface area contributed by atoms with Gasteiger partial charge >= 0.3 is 0 Å². The number of amides is 2. The number of methoxy groups -OCH3 is 1. The number of hydrogen-bond acceptors (Lipinski definition) is 6. The average Bonchev–Trinajstić information content (AvgIpc) is 3.27. The van der Waals surface area contributed by atoms with Crippen molar-refractivity contribution < 1.29 is 23.7 Å². The highest BCUT2D eigenvalue weighted by Crippen LogP contribution is 2.24. The highest BCUT2D eigenvalue weighted by molar-refractivity contribution is 6.02. The van der Waals surface area contributed by atoms with Crippen molar-refractivity contribution in [3.63, 3.8) is 0 Å². The third-order valence-corrected chi connectivity index (χ3v) is 4.05. The lowest BCUT2D eigenvalue weighted by atomic mass is 10.1. The lowest BCUT2D eigenvalue weighted by molar-refractivity contribution is -0.384. The van der Waals surface area contributed by atoms with Crippen LogP contribution in [0.3, 0.4) is 0 Å². The number of nitrogens with zero attached hydrogens (tertiary/aromatic N) is 1. The molecular weight excluding hydrogens is 378 g/mol. The standard InChI is InChI=1S/C20H17N3O6/c1-28-17-9-8-15(23(26)27)11-16(17)19(24)21-12-13-4-6-14(7-5-13)22-20(25)18-3-2-10-29-18/h2-11H,12H2,1H3,(H,21,24)(H,22,25). The number of ether oxygens (including phenoxy) is 1. The van der Waals surface area contributed by atoms with Crippen LogP contribution < -0.4 is 15.4 Å². The summed E-state index contributed by atoms with van der Waals surface area (Å²) in [4.78, 5) is 34.7. The molecule has 0 unspecified atom stereocenters.